The third kappa shape index (κ3) is 4.76. The summed E-state index contributed by atoms with van der Waals surface area (Å²) < 4.78 is 41.8. The van der Waals surface area contributed by atoms with Crippen molar-refractivity contribution in [1.29, 1.82) is 0 Å². The average Bonchev–Trinajstić information content (AvgIpc) is 3.16. The van der Waals surface area contributed by atoms with Crippen LogP contribution in [0.1, 0.15) is 24.7 Å². The minimum atomic E-state index is -4.90. The van der Waals surface area contributed by atoms with Crippen molar-refractivity contribution >= 4 is 28.1 Å². The topological polar surface area (TPSA) is 111 Å². The van der Waals surface area contributed by atoms with E-state index in [0.717, 1.165) is 9.25 Å². The predicted molar refractivity (Wildman–Crippen MR) is 103 cm³/mol. The molecule has 0 bridgehead atoms. The molecular formula is C16H17AlClF3N6O3. The number of aromatic nitrogens is 6. The lowest BCUT2D eigenvalue weighted by molar-refractivity contribution is -0.207. The lowest BCUT2D eigenvalue weighted by atomic mass is 10.2. The zero-order valence-corrected chi connectivity index (χ0v) is 18.6. The molecular weight excluding hydrogens is 444 g/mol. The first kappa shape index (κ1) is 22.5. The average molecular weight is 461 g/mol. The fourth-order valence-corrected chi connectivity index (χ4v) is 3.64. The molecule has 9 nitrogen and oxygen atoms in total. The Labute approximate surface area is 181 Å². The van der Waals surface area contributed by atoms with Gasteiger partial charge in [-0.05, 0) is 31.2 Å². The highest BCUT2D eigenvalue weighted by Crippen LogP contribution is 2.24. The van der Waals surface area contributed by atoms with Gasteiger partial charge < -0.3 is 13.9 Å². The van der Waals surface area contributed by atoms with Crippen molar-refractivity contribution in [3.8, 4) is 11.4 Å². The van der Waals surface area contributed by atoms with Gasteiger partial charge >= 0.3 is 28.4 Å². The molecule has 14 heteroatoms. The first-order valence-electron chi connectivity index (χ1n) is 8.73. The van der Waals surface area contributed by atoms with E-state index in [-0.39, 0.29) is 18.2 Å². The second-order valence-corrected chi connectivity index (χ2v) is 7.91. The van der Waals surface area contributed by atoms with E-state index in [9.17, 15) is 28.2 Å². The molecule has 0 aliphatic heterocycles. The lowest BCUT2D eigenvalue weighted by Gasteiger charge is -2.15. The van der Waals surface area contributed by atoms with Crippen LogP contribution in [-0.2, 0) is 13.1 Å². The molecule has 160 valence electrons. The summed E-state index contributed by atoms with van der Waals surface area (Å²) in [6.45, 7) is 0.269. The minimum Gasteiger partial charge on any atom is -0.386 e. The van der Waals surface area contributed by atoms with Gasteiger partial charge in [-0.3, -0.25) is 4.57 Å². The van der Waals surface area contributed by atoms with Crippen molar-refractivity contribution in [2.75, 3.05) is 0 Å². The Balaban J connectivity index is 2.04. The fourth-order valence-electron chi connectivity index (χ4n) is 2.81. The summed E-state index contributed by atoms with van der Waals surface area (Å²) in [5.41, 5.74) is -0.526. The van der Waals surface area contributed by atoms with Crippen molar-refractivity contribution in [1.82, 2.24) is 28.1 Å². The smallest absolute Gasteiger partial charge is 0.386 e. The molecule has 0 radical (unpaired) electrons. The monoisotopic (exact) mass is 460 g/mol. The summed E-state index contributed by atoms with van der Waals surface area (Å²) in [6.07, 6.45) is -8.53. The quantitative estimate of drug-likeness (QED) is 0.514. The maximum absolute atomic E-state index is 12.9. The molecule has 0 spiro atoms. The number of nitrogens with zero attached hydrogens (tertiary/aromatic N) is 6. The van der Waals surface area contributed by atoms with E-state index in [1.54, 1.807) is 0 Å². The van der Waals surface area contributed by atoms with Gasteiger partial charge in [-0.1, -0.05) is 11.6 Å². The van der Waals surface area contributed by atoms with Crippen molar-refractivity contribution in [2.24, 2.45) is 0 Å². The highest BCUT2D eigenvalue weighted by Gasteiger charge is 2.39. The Bertz CT molecular complexity index is 1090. The summed E-state index contributed by atoms with van der Waals surface area (Å²) in [4.78, 5) is 16.9. The van der Waals surface area contributed by atoms with Crippen molar-refractivity contribution in [3.05, 3.63) is 51.4 Å². The zero-order chi connectivity index (χ0) is 22.2. The molecule has 0 fully saturated rings. The van der Waals surface area contributed by atoms with Crippen LogP contribution in [0.5, 0.6) is 0 Å². The highest BCUT2D eigenvalue weighted by molar-refractivity contribution is 6.30. The SMILES string of the molecule is CC(O)c1nc(Cn2nc(-c3ccc(Cl)cc3)n(CC(O)C(F)(F)F)c2=O)n[n]1[AlH2]. The Morgan fingerprint density at radius 2 is 1.83 bits per heavy atom. The van der Waals surface area contributed by atoms with E-state index >= 15 is 0 Å². The number of rotatable bonds is 6. The third-order valence-corrected chi connectivity index (χ3v) is 5.17. The van der Waals surface area contributed by atoms with Crippen molar-refractivity contribution in [2.45, 2.75) is 38.4 Å². The van der Waals surface area contributed by atoms with Gasteiger partial charge in [0.05, 0.1) is 6.54 Å². The number of benzene rings is 1. The van der Waals surface area contributed by atoms with Crippen LogP contribution in [0, 0.1) is 0 Å². The Morgan fingerprint density at radius 3 is 2.37 bits per heavy atom. The van der Waals surface area contributed by atoms with Gasteiger partial charge in [0.2, 0.25) is 0 Å². The van der Waals surface area contributed by atoms with Crippen LogP contribution in [0.3, 0.4) is 0 Å². The number of hydrogen-bond acceptors (Lipinski definition) is 6. The summed E-state index contributed by atoms with van der Waals surface area (Å²) in [6, 6.07) is 6.01. The van der Waals surface area contributed by atoms with Gasteiger partial charge in [0.25, 0.3) is 0 Å². The summed E-state index contributed by atoms with van der Waals surface area (Å²) in [5, 5.41) is 27.9. The standard InChI is InChI=1S/C16H15ClF3N6O3.Al.2H/c1-8(27)13-21-12(22-23-13)7-26-15(29)25(6-11(28)16(18,19)20)14(24-26)9-2-4-10(17)5-3-9;;;/h2-5,8,11,27-28H,6-7H2,1H3;;;/q-1;+1;;. The second kappa shape index (κ2) is 8.52. The molecule has 3 rings (SSSR count). The summed E-state index contributed by atoms with van der Waals surface area (Å²) >= 11 is 6.28. The van der Waals surface area contributed by atoms with Crippen molar-refractivity contribution < 1.29 is 23.4 Å². The first-order valence-corrected chi connectivity index (χ1v) is 10.0. The van der Waals surface area contributed by atoms with E-state index in [2.05, 4.69) is 15.2 Å². The van der Waals surface area contributed by atoms with E-state index in [0.29, 0.717) is 32.9 Å². The van der Waals surface area contributed by atoms with E-state index < -0.39 is 30.6 Å². The van der Waals surface area contributed by atoms with Crippen LogP contribution >= 0.6 is 11.6 Å². The van der Waals surface area contributed by atoms with Crippen LogP contribution in [0.25, 0.3) is 11.4 Å². The number of alkyl halides is 3. The third-order valence-electron chi connectivity index (χ3n) is 4.26. The number of halogens is 4. The fraction of sp³-hybridized carbons (Fsp3) is 0.375. The van der Waals surface area contributed by atoms with Gasteiger partial charge in [-0.15, -0.1) is 5.10 Å². The minimum absolute atomic E-state index is 0.0685. The molecule has 2 heterocycles. The van der Waals surface area contributed by atoms with Crippen LogP contribution in [0.15, 0.2) is 29.1 Å². The number of aliphatic hydroxyl groups is 2. The Morgan fingerprint density at radius 1 is 1.20 bits per heavy atom. The van der Waals surface area contributed by atoms with Crippen LogP contribution < -0.4 is 5.69 Å². The molecule has 2 unspecified atom stereocenters. The molecule has 3 aromatic rings. The molecule has 0 saturated heterocycles. The molecule has 0 aliphatic carbocycles. The maximum Gasteiger partial charge on any atom is 0.416 e. The maximum atomic E-state index is 12.9. The molecule has 30 heavy (non-hydrogen) atoms. The molecule has 1 aromatic carbocycles. The van der Waals surface area contributed by atoms with E-state index in [1.807, 2.05) is 0 Å². The molecule has 0 saturated carbocycles. The summed E-state index contributed by atoms with van der Waals surface area (Å²) in [5.74, 6) is 0.419. The largest absolute Gasteiger partial charge is 0.416 e. The lowest BCUT2D eigenvalue weighted by Crippen LogP contribution is -2.37. The predicted octanol–water partition coefficient (Wildman–Crippen LogP) is 0.378. The number of aliphatic hydroxyl groups excluding tert-OH is 2. The molecule has 2 aromatic heterocycles. The van der Waals surface area contributed by atoms with Crippen LogP contribution in [-0.4, -0.2) is 67.1 Å². The van der Waals surface area contributed by atoms with Gasteiger partial charge in [0.15, 0.2) is 17.8 Å². The van der Waals surface area contributed by atoms with Gasteiger partial charge in [-0.25, -0.2) is 14.5 Å². The van der Waals surface area contributed by atoms with Crippen LogP contribution in [0.2, 0.25) is 5.02 Å². The Kier molecular flexibility index (Phi) is 6.40. The molecule has 0 aliphatic rings. The number of hydrogen-bond donors (Lipinski definition) is 2. The van der Waals surface area contributed by atoms with Gasteiger partial charge in [-0.2, -0.15) is 18.3 Å². The van der Waals surface area contributed by atoms with Crippen molar-refractivity contribution in [3.63, 3.8) is 0 Å². The van der Waals surface area contributed by atoms with E-state index in [4.69, 9.17) is 11.6 Å². The zero-order valence-electron chi connectivity index (χ0n) is 15.9. The van der Waals surface area contributed by atoms with Gasteiger partial charge in [0.1, 0.15) is 18.5 Å². The highest BCUT2D eigenvalue weighted by atomic mass is 35.5. The second-order valence-electron chi connectivity index (χ2n) is 6.62. The van der Waals surface area contributed by atoms with Gasteiger partial charge in [0, 0.05) is 10.6 Å². The first-order chi connectivity index (χ1) is 14.0. The molecule has 2 N–H and O–H groups in total. The summed E-state index contributed by atoms with van der Waals surface area (Å²) in [7, 11) is 0. The Hall–Kier alpha value is -2.17. The normalized spacial score (nSPS) is 14.1. The van der Waals surface area contributed by atoms with E-state index in [1.165, 1.54) is 34.9 Å². The van der Waals surface area contributed by atoms with Crippen LogP contribution in [0.4, 0.5) is 13.2 Å². The molecule has 2 atom stereocenters. The molecule has 0 amide bonds.